The first kappa shape index (κ1) is 11.9. The lowest BCUT2D eigenvalue weighted by Crippen LogP contribution is -2.07. The molecule has 4 nitrogen and oxygen atoms in total. The molecule has 19 heavy (non-hydrogen) atoms. The van der Waals surface area contributed by atoms with Crippen molar-refractivity contribution in [2.75, 3.05) is 0 Å². The van der Waals surface area contributed by atoms with E-state index in [1.54, 1.807) is 22.1 Å². The minimum absolute atomic E-state index is 0.0248. The molecule has 0 aliphatic heterocycles. The molecule has 5 heteroatoms. The molecule has 2 aromatic heterocycles. The number of rotatable bonds is 3. The van der Waals surface area contributed by atoms with Gasteiger partial charge in [0.25, 0.3) is 0 Å². The maximum atomic E-state index is 10.8. The molecule has 3 rings (SSSR count). The van der Waals surface area contributed by atoms with Crippen molar-refractivity contribution in [2.45, 2.75) is 13.5 Å². The number of thiazole rings is 1. The van der Waals surface area contributed by atoms with E-state index in [1.807, 2.05) is 36.6 Å². The van der Waals surface area contributed by atoms with Crippen molar-refractivity contribution >= 4 is 28.2 Å². The maximum absolute atomic E-state index is 10.8. The van der Waals surface area contributed by atoms with Gasteiger partial charge < -0.3 is 9.67 Å². The van der Waals surface area contributed by atoms with E-state index in [2.05, 4.69) is 4.98 Å². The standard InChI is InChI=1S/C14H12N2O2S/c1-9-15-12(8-19-9)11-3-2-10-4-5-16(7-14(17)18)13(10)6-11/h2-6,8H,7H2,1H3,(H,17,18). The predicted molar refractivity (Wildman–Crippen MR) is 75.4 cm³/mol. The van der Waals surface area contributed by atoms with Crippen molar-refractivity contribution in [1.82, 2.24) is 9.55 Å². The minimum atomic E-state index is -0.840. The lowest BCUT2D eigenvalue weighted by molar-refractivity contribution is -0.137. The van der Waals surface area contributed by atoms with Gasteiger partial charge in [0.15, 0.2) is 0 Å². The van der Waals surface area contributed by atoms with Crippen molar-refractivity contribution in [1.29, 1.82) is 0 Å². The molecule has 3 aromatic rings. The number of carbonyl (C=O) groups is 1. The number of aromatic nitrogens is 2. The summed E-state index contributed by atoms with van der Waals surface area (Å²) in [6, 6.07) is 7.93. The fraction of sp³-hybridized carbons (Fsp3) is 0.143. The largest absolute Gasteiger partial charge is 0.480 e. The number of hydrogen-bond acceptors (Lipinski definition) is 3. The highest BCUT2D eigenvalue weighted by Crippen LogP contribution is 2.26. The number of aliphatic carboxylic acids is 1. The highest BCUT2D eigenvalue weighted by molar-refractivity contribution is 7.09. The second-order valence-corrected chi connectivity index (χ2v) is 5.42. The van der Waals surface area contributed by atoms with Crippen LogP contribution in [0.25, 0.3) is 22.2 Å². The number of carboxylic acid groups (broad SMARTS) is 1. The van der Waals surface area contributed by atoms with Crippen LogP contribution in [0.3, 0.4) is 0 Å². The molecule has 0 aliphatic rings. The van der Waals surface area contributed by atoms with Gasteiger partial charge in [0.1, 0.15) is 6.54 Å². The van der Waals surface area contributed by atoms with E-state index < -0.39 is 5.97 Å². The molecule has 2 heterocycles. The van der Waals surface area contributed by atoms with Crippen LogP contribution >= 0.6 is 11.3 Å². The Morgan fingerprint density at radius 1 is 1.42 bits per heavy atom. The van der Waals surface area contributed by atoms with Crippen LogP contribution < -0.4 is 0 Å². The van der Waals surface area contributed by atoms with E-state index >= 15 is 0 Å². The first-order chi connectivity index (χ1) is 9.13. The molecular formula is C14H12N2O2S. The maximum Gasteiger partial charge on any atom is 0.323 e. The van der Waals surface area contributed by atoms with Gasteiger partial charge >= 0.3 is 5.97 Å². The number of nitrogens with zero attached hydrogens (tertiary/aromatic N) is 2. The fourth-order valence-corrected chi connectivity index (χ4v) is 2.74. The van der Waals surface area contributed by atoms with Crippen LogP contribution in [0.1, 0.15) is 5.01 Å². The highest BCUT2D eigenvalue weighted by Gasteiger charge is 2.08. The smallest absolute Gasteiger partial charge is 0.323 e. The summed E-state index contributed by atoms with van der Waals surface area (Å²) >= 11 is 1.61. The SMILES string of the molecule is Cc1nc(-c2ccc3ccn(CC(=O)O)c3c2)cs1. The number of benzene rings is 1. The van der Waals surface area contributed by atoms with E-state index in [9.17, 15) is 4.79 Å². The van der Waals surface area contributed by atoms with Crippen molar-refractivity contribution in [2.24, 2.45) is 0 Å². The van der Waals surface area contributed by atoms with E-state index in [-0.39, 0.29) is 6.54 Å². The van der Waals surface area contributed by atoms with Crippen LogP contribution in [0.4, 0.5) is 0 Å². The summed E-state index contributed by atoms with van der Waals surface area (Å²) in [4.78, 5) is 15.3. The topological polar surface area (TPSA) is 55.1 Å². The van der Waals surface area contributed by atoms with E-state index in [4.69, 9.17) is 5.11 Å². The summed E-state index contributed by atoms with van der Waals surface area (Å²) in [5.74, 6) is -0.840. The van der Waals surface area contributed by atoms with Gasteiger partial charge in [-0.15, -0.1) is 11.3 Å². The van der Waals surface area contributed by atoms with Gasteiger partial charge in [-0.3, -0.25) is 4.79 Å². The van der Waals surface area contributed by atoms with Crippen LogP contribution in [-0.2, 0) is 11.3 Å². The lowest BCUT2D eigenvalue weighted by Gasteiger charge is -2.03. The number of hydrogen-bond donors (Lipinski definition) is 1. The Labute approximate surface area is 113 Å². The molecule has 0 saturated carbocycles. The number of fused-ring (bicyclic) bond motifs is 1. The van der Waals surface area contributed by atoms with E-state index in [1.165, 1.54) is 0 Å². The highest BCUT2D eigenvalue weighted by atomic mass is 32.1. The zero-order valence-electron chi connectivity index (χ0n) is 10.3. The second kappa shape index (κ2) is 4.51. The summed E-state index contributed by atoms with van der Waals surface area (Å²) in [5, 5.41) is 13.0. The summed E-state index contributed by atoms with van der Waals surface area (Å²) < 4.78 is 1.74. The summed E-state index contributed by atoms with van der Waals surface area (Å²) in [5.41, 5.74) is 2.88. The Kier molecular flexibility index (Phi) is 2.83. The van der Waals surface area contributed by atoms with Gasteiger partial charge in [0, 0.05) is 22.7 Å². The van der Waals surface area contributed by atoms with Crippen LogP contribution in [-0.4, -0.2) is 20.6 Å². The van der Waals surface area contributed by atoms with Crippen LogP contribution in [0.2, 0.25) is 0 Å². The van der Waals surface area contributed by atoms with Gasteiger partial charge in [-0.05, 0) is 24.4 Å². The molecular weight excluding hydrogens is 260 g/mol. The summed E-state index contributed by atoms with van der Waals surface area (Å²) in [6.45, 7) is 1.95. The molecule has 0 amide bonds. The van der Waals surface area contributed by atoms with Crippen LogP contribution in [0.15, 0.2) is 35.8 Å². The Hall–Kier alpha value is -2.14. The van der Waals surface area contributed by atoms with Crippen LogP contribution in [0.5, 0.6) is 0 Å². The molecule has 0 radical (unpaired) electrons. The third kappa shape index (κ3) is 2.24. The number of carboxylic acids is 1. The third-order valence-electron chi connectivity index (χ3n) is 2.99. The molecule has 0 fully saturated rings. The summed E-state index contributed by atoms with van der Waals surface area (Å²) in [6.07, 6.45) is 1.80. The first-order valence-electron chi connectivity index (χ1n) is 5.87. The van der Waals surface area contributed by atoms with Gasteiger partial charge in [0.2, 0.25) is 0 Å². The molecule has 0 bridgehead atoms. The van der Waals surface area contributed by atoms with Crippen molar-refractivity contribution < 1.29 is 9.90 Å². The lowest BCUT2D eigenvalue weighted by atomic mass is 10.1. The number of aryl methyl sites for hydroxylation is 1. The Balaban J connectivity index is 2.10. The normalized spacial score (nSPS) is 11.0. The van der Waals surface area contributed by atoms with Crippen molar-refractivity contribution in [3.8, 4) is 11.3 Å². The Bertz CT molecular complexity index is 758. The quantitative estimate of drug-likeness (QED) is 0.796. The predicted octanol–water partition coefficient (Wildman–Crippen LogP) is 3.16. The van der Waals surface area contributed by atoms with Gasteiger partial charge in [-0.25, -0.2) is 4.98 Å². The monoisotopic (exact) mass is 272 g/mol. The van der Waals surface area contributed by atoms with Crippen molar-refractivity contribution in [3.63, 3.8) is 0 Å². The molecule has 0 unspecified atom stereocenters. The van der Waals surface area contributed by atoms with E-state index in [0.717, 1.165) is 27.2 Å². The van der Waals surface area contributed by atoms with Crippen molar-refractivity contribution in [3.05, 3.63) is 40.8 Å². The first-order valence-corrected chi connectivity index (χ1v) is 6.74. The van der Waals surface area contributed by atoms with Gasteiger partial charge in [-0.1, -0.05) is 12.1 Å². The Morgan fingerprint density at radius 2 is 2.26 bits per heavy atom. The third-order valence-corrected chi connectivity index (χ3v) is 3.77. The average molecular weight is 272 g/mol. The molecule has 0 aliphatic carbocycles. The van der Waals surface area contributed by atoms with E-state index in [0.29, 0.717) is 0 Å². The molecule has 0 spiro atoms. The second-order valence-electron chi connectivity index (χ2n) is 4.36. The molecule has 1 aromatic carbocycles. The molecule has 1 N–H and O–H groups in total. The minimum Gasteiger partial charge on any atom is -0.480 e. The molecule has 96 valence electrons. The van der Waals surface area contributed by atoms with Crippen LogP contribution in [0, 0.1) is 6.92 Å². The average Bonchev–Trinajstić information content (AvgIpc) is 2.95. The zero-order valence-corrected chi connectivity index (χ0v) is 11.1. The summed E-state index contributed by atoms with van der Waals surface area (Å²) in [7, 11) is 0. The fourth-order valence-electron chi connectivity index (χ4n) is 2.12. The Morgan fingerprint density at radius 3 is 2.95 bits per heavy atom. The molecule has 0 saturated heterocycles. The van der Waals surface area contributed by atoms with Gasteiger partial charge in [-0.2, -0.15) is 0 Å². The molecule has 0 atom stereocenters. The van der Waals surface area contributed by atoms with Gasteiger partial charge in [0.05, 0.1) is 10.7 Å². The zero-order chi connectivity index (χ0) is 13.4.